The van der Waals surface area contributed by atoms with E-state index < -0.39 is 18.0 Å². The van der Waals surface area contributed by atoms with Crippen LogP contribution in [0, 0.1) is 13.8 Å². The number of hydrogen-bond acceptors (Lipinski definition) is 5. The second kappa shape index (κ2) is 8.53. The van der Waals surface area contributed by atoms with Crippen molar-refractivity contribution in [2.24, 2.45) is 0 Å². The number of esters is 2. The lowest BCUT2D eigenvalue weighted by molar-refractivity contribution is -0.138. The molecule has 1 aromatic carbocycles. The van der Waals surface area contributed by atoms with Gasteiger partial charge in [0.15, 0.2) is 0 Å². The lowest BCUT2D eigenvalue weighted by Crippen LogP contribution is -2.31. The summed E-state index contributed by atoms with van der Waals surface area (Å²) in [6, 6.07) is 8.78. The first-order valence-electron chi connectivity index (χ1n) is 8.61. The summed E-state index contributed by atoms with van der Waals surface area (Å²) in [5, 5.41) is 0. The average Bonchev–Trinajstić information content (AvgIpc) is 2.94. The minimum absolute atomic E-state index is 0.128. The molecular weight excluding hydrogens is 348 g/mol. The van der Waals surface area contributed by atoms with Crippen LogP contribution < -0.4 is 0 Å². The molecule has 7 heteroatoms. The average molecular weight is 372 g/mol. The first kappa shape index (κ1) is 20.2. The van der Waals surface area contributed by atoms with E-state index in [9.17, 15) is 14.4 Å². The van der Waals surface area contributed by atoms with Crippen molar-refractivity contribution in [3.63, 3.8) is 0 Å². The largest absolute Gasteiger partial charge is 0.462 e. The van der Waals surface area contributed by atoms with E-state index in [-0.39, 0.29) is 18.2 Å². The lowest BCUT2D eigenvalue weighted by Gasteiger charge is -2.21. The van der Waals surface area contributed by atoms with E-state index in [1.165, 1.54) is 4.90 Å². The Morgan fingerprint density at radius 3 is 2.26 bits per heavy atom. The highest BCUT2D eigenvalue weighted by Gasteiger charge is 2.30. The summed E-state index contributed by atoms with van der Waals surface area (Å²) in [6.45, 7) is 5.26. The Bertz CT molecular complexity index is 840. The van der Waals surface area contributed by atoms with Crippen LogP contribution in [0.3, 0.4) is 0 Å². The van der Waals surface area contributed by atoms with E-state index in [2.05, 4.69) is 4.98 Å². The Balaban J connectivity index is 2.35. The smallest absolute Gasteiger partial charge is 0.356 e. The number of aromatic amines is 1. The Morgan fingerprint density at radius 1 is 1.07 bits per heavy atom. The molecule has 1 amide bonds. The van der Waals surface area contributed by atoms with Gasteiger partial charge in [0, 0.05) is 25.4 Å². The van der Waals surface area contributed by atoms with Crippen LogP contribution in [0.15, 0.2) is 30.3 Å². The predicted molar refractivity (Wildman–Crippen MR) is 99.5 cm³/mol. The zero-order valence-corrected chi connectivity index (χ0v) is 16.2. The zero-order valence-electron chi connectivity index (χ0n) is 16.2. The van der Waals surface area contributed by atoms with Gasteiger partial charge in [0.1, 0.15) is 5.69 Å². The fourth-order valence-electron chi connectivity index (χ4n) is 2.75. The van der Waals surface area contributed by atoms with Gasteiger partial charge in [-0.3, -0.25) is 4.79 Å². The van der Waals surface area contributed by atoms with Gasteiger partial charge in [-0.2, -0.15) is 0 Å². The number of rotatable bonds is 6. The van der Waals surface area contributed by atoms with Gasteiger partial charge in [-0.05, 0) is 26.3 Å². The summed E-state index contributed by atoms with van der Waals surface area (Å²) in [5.74, 6) is -1.58. The fraction of sp³-hybridized carbons (Fsp3) is 0.350. The van der Waals surface area contributed by atoms with Gasteiger partial charge in [0.2, 0.25) is 6.10 Å². The number of likely N-dealkylation sites (N-methyl/N-ethyl adjacent to an activating group) is 1. The standard InChI is InChI=1S/C20H24N2O5/c1-6-26-19(24)15-12(2)16(21-13(15)3)20(25)27-17(18(23)22(4)5)14-10-8-7-9-11-14/h7-11,17,21H,6H2,1-5H3/t17-/m1/s1. The summed E-state index contributed by atoms with van der Waals surface area (Å²) in [5.41, 5.74) is 1.94. The number of hydrogen-bond donors (Lipinski definition) is 1. The third kappa shape index (κ3) is 4.36. The summed E-state index contributed by atoms with van der Waals surface area (Å²) in [7, 11) is 3.18. The van der Waals surface area contributed by atoms with Gasteiger partial charge in [0.05, 0.1) is 12.2 Å². The Kier molecular flexibility index (Phi) is 6.39. The topological polar surface area (TPSA) is 88.7 Å². The van der Waals surface area contributed by atoms with E-state index in [4.69, 9.17) is 9.47 Å². The van der Waals surface area contributed by atoms with Crippen molar-refractivity contribution in [3.8, 4) is 0 Å². The first-order chi connectivity index (χ1) is 12.8. The molecule has 2 rings (SSSR count). The number of amides is 1. The number of nitrogens with zero attached hydrogens (tertiary/aromatic N) is 1. The fourth-order valence-corrected chi connectivity index (χ4v) is 2.75. The molecule has 1 atom stereocenters. The molecule has 0 fully saturated rings. The molecule has 0 aliphatic carbocycles. The molecule has 1 heterocycles. The van der Waals surface area contributed by atoms with Crippen molar-refractivity contribution < 1.29 is 23.9 Å². The summed E-state index contributed by atoms with van der Waals surface area (Å²) >= 11 is 0. The molecule has 0 aliphatic rings. The number of benzene rings is 1. The molecule has 1 N–H and O–H groups in total. The molecular formula is C20H24N2O5. The van der Waals surface area contributed by atoms with E-state index >= 15 is 0 Å². The minimum atomic E-state index is -1.08. The quantitative estimate of drug-likeness (QED) is 0.788. The molecule has 0 unspecified atom stereocenters. The molecule has 0 saturated carbocycles. The molecule has 0 aliphatic heterocycles. The zero-order chi connectivity index (χ0) is 20.1. The minimum Gasteiger partial charge on any atom is -0.462 e. The Morgan fingerprint density at radius 2 is 1.70 bits per heavy atom. The highest BCUT2D eigenvalue weighted by Crippen LogP contribution is 2.24. The number of H-pyrrole nitrogens is 1. The van der Waals surface area contributed by atoms with Crippen LogP contribution in [0.5, 0.6) is 0 Å². The van der Waals surface area contributed by atoms with E-state index in [1.807, 2.05) is 6.07 Å². The van der Waals surface area contributed by atoms with Crippen molar-refractivity contribution >= 4 is 17.8 Å². The Labute approximate surface area is 158 Å². The summed E-state index contributed by atoms with van der Waals surface area (Å²) < 4.78 is 10.6. The van der Waals surface area contributed by atoms with Crippen LogP contribution in [-0.2, 0) is 14.3 Å². The van der Waals surface area contributed by atoms with Crippen molar-refractivity contribution in [1.82, 2.24) is 9.88 Å². The number of aryl methyl sites for hydroxylation is 1. The van der Waals surface area contributed by atoms with Crippen LogP contribution in [0.2, 0.25) is 0 Å². The predicted octanol–water partition coefficient (Wildman–Crippen LogP) is 2.79. The van der Waals surface area contributed by atoms with Crippen molar-refractivity contribution in [1.29, 1.82) is 0 Å². The normalized spacial score (nSPS) is 11.6. The highest BCUT2D eigenvalue weighted by molar-refractivity contribution is 5.99. The molecule has 7 nitrogen and oxygen atoms in total. The third-order valence-corrected chi connectivity index (χ3v) is 4.11. The van der Waals surface area contributed by atoms with Crippen molar-refractivity contribution in [3.05, 3.63) is 58.4 Å². The molecule has 27 heavy (non-hydrogen) atoms. The number of ether oxygens (including phenoxy) is 2. The van der Waals surface area contributed by atoms with Gasteiger partial charge in [-0.1, -0.05) is 30.3 Å². The van der Waals surface area contributed by atoms with Crippen LogP contribution in [0.4, 0.5) is 0 Å². The molecule has 144 valence electrons. The second-order valence-electron chi connectivity index (χ2n) is 6.27. The van der Waals surface area contributed by atoms with Gasteiger partial charge in [-0.15, -0.1) is 0 Å². The maximum Gasteiger partial charge on any atom is 0.356 e. The van der Waals surface area contributed by atoms with Crippen molar-refractivity contribution in [2.75, 3.05) is 20.7 Å². The van der Waals surface area contributed by atoms with Gasteiger partial charge in [0.25, 0.3) is 5.91 Å². The van der Waals surface area contributed by atoms with Crippen molar-refractivity contribution in [2.45, 2.75) is 26.9 Å². The van der Waals surface area contributed by atoms with E-state index in [1.54, 1.807) is 59.1 Å². The highest BCUT2D eigenvalue weighted by atomic mass is 16.5. The number of carbonyl (C=O) groups is 3. The molecule has 0 saturated heterocycles. The van der Waals surface area contributed by atoms with E-state index in [0.717, 1.165) is 0 Å². The number of nitrogens with one attached hydrogen (secondary N) is 1. The molecule has 2 aromatic rings. The third-order valence-electron chi connectivity index (χ3n) is 4.11. The molecule has 1 aromatic heterocycles. The second-order valence-corrected chi connectivity index (χ2v) is 6.27. The van der Waals surface area contributed by atoms with Crippen LogP contribution in [0.1, 0.15) is 50.7 Å². The first-order valence-corrected chi connectivity index (χ1v) is 8.61. The Hall–Kier alpha value is -3.09. The number of aromatic nitrogens is 1. The lowest BCUT2D eigenvalue weighted by atomic mass is 10.1. The van der Waals surface area contributed by atoms with Gasteiger partial charge < -0.3 is 19.4 Å². The molecule has 0 radical (unpaired) electrons. The summed E-state index contributed by atoms with van der Waals surface area (Å²) in [4.78, 5) is 41.6. The molecule has 0 spiro atoms. The van der Waals surface area contributed by atoms with Crippen LogP contribution >= 0.6 is 0 Å². The maximum absolute atomic E-state index is 12.7. The summed E-state index contributed by atoms with van der Waals surface area (Å²) in [6.07, 6.45) is -1.08. The molecule has 0 bridgehead atoms. The van der Waals surface area contributed by atoms with Crippen LogP contribution in [0.25, 0.3) is 0 Å². The SMILES string of the molecule is CCOC(=O)c1c(C)[nH]c(C(=O)O[C@@H](C(=O)N(C)C)c2ccccc2)c1C. The van der Waals surface area contributed by atoms with Gasteiger partial charge >= 0.3 is 11.9 Å². The van der Waals surface area contributed by atoms with E-state index in [0.29, 0.717) is 22.4 Å². The maximum atomic E-state index is 12.7. The van der Waals surface area contributed by atoms with Crippen LogP contribution in [-0.4, -0.2) is 48.4 Å². The van der Waals surface area contributed by atoms with Gasteiger partial charge in [-0.25, -0.2) is 9.59 Å². The number of carbonyl (C=O) groups excluding carboxylic acids is 3. The monoisotopic (exact) mass is 372 g/mol.